The molecule has 1 aromatic rings. The Morgan fingerprint density at radius 1 is 1.44 bits per heavy atom. The van der Waals surface area contributed by atoms with Gasteiger partial charge in [0.25, 0.3) is 0 Å². The van der Waals surface area contributed by atoms with Crippen LogP contribution < -0.4 is 4.90 Å². The third-order valence-corrected chi connectivity index (χ3v) is 3.18. The molecule has 1 fully saturated rings. The lowest BCUT2D eigenvalue weighted by atomic mass is 10.00. The van der Waals surface area contributed by atoms with Crippen LogP contribution in [-0.2, 0) is 6.18 Å². The van der Waals surface area contributed by atoms with Crippen molar-refractivity contribution in [2.45, 2.75) is 25.6 Å². The second-order valence-corrected chi connectivity index (χ2v) is 4.37. The highest BCUT2D eigenvalue weighted by Crippen LogP contribution is 2.35. The third-order valence-electron chi connectivity index (χ3n) is 3.18. The number of halogens is 3. The Morgan fingerprint density at radius 3 is 2.50 bits per heavy atom. The fourth-order valence-corrected chi connectivity index (χ4v) is 2.01. The van der Waals surface area contributed by atoms with Crippen LogP contribution in [0.2, 0.25) is 0 Å². The van der Waals surface area contributed by atoms with Crippen molar-refractivity contribution in [1.82, 2.24) is 0 Å². The Hall–Kier alpha value is -1.72. The molecular formula is C12H12F3NO2. The van der Waals surface area contributed by atoms with E-state index in [-0.39, 0.29) is 11.6 Å². The third kappa shape index (κ3) is 2.14. The van der Waals surface area contributed by atoms with Crippen molar-refractivity contribution in [2.75, 3.05) is 11.4 Å². The minimum absolute atomic E-state index is 0.167. The van der Waals surface area contributed by atoms with E-state index in [1.807, 2.05) is 6.92 Å². The van der Waals surface area contributed by atoms with Gasteiger partial charge in [0.15, 0.2) is 0 Å². The van der Waals surface area contributed by atoms with Gasteiger partial charge in [-0.2, -0.15) is 13.2 Å². The fraction of sp³-hybridized carbons (Fsp3) is 0.417. The molecule has 1 heterocycles. The molecule has 1 aromatic carbocycles. The van der Waals surface area contributed by atoms with Crippen LogP contribution in [-0.4, -0.2) is 23.7 Å². The first-order valence-corrected chi connectivity index (χ1v) is 5.52. The average molecular weight is 259 g/mol. The normalized spacial score (nSPS) is 19.6. The van der Waals surface area contributed by atoms with Crippen molar-refractivity contribution < 1.29 is 23.1 Å². The van der Waals surface area contributed by atoms with Gasteiger partial charge in [-0.05, 0) is 31.5 Å². The Morgan fingerprint density at radius 2 is 2.11 bits per heavy atom. The van der Waals surface area contributed by atoms with E-state index in [1.54, 1.807) is 4.90 Å². The summed E-state index contributed by atoms with van der Waals surface area (Å²) in [6.45, 7) is 2.58. The summed E-state index contributed by atoms with van der Waals surface area (Å²) in [6, 6.07) is 3.03. The number of hydrogen-bond donors (Lipinski definition) is 1. The van der Waals surface area contributed by atoms with Gasteiger partial charge in [0.05, 0.1) is 16.8 Å². The number of nitrogens with zero attached hydrogens (tertiary/aromatic N) is 1. The number of alkyl halides is 3. The zero-order valence-electron chi connectivity index (χ0n) is 9.66. The first-order chi connectivity index (χ1) is 8.30. The van der Waals surface area contributed by atoms with Crippen molar-refractivity contribution in [1.29, 1.82) is 0 Å². The van der Waals surface area contributed by atoms with Crippen molar-refractivity contribution in [3.05, 3.63) is 29.3 Å². The molecule has 1 unspecified atom stereocenters. The molecule has 1 saturated heterocycles. The fourth-order valence-electron chi connectivity index (χ4n) is 2.01. The first kappa shape index (κ1) is 12.7. The predicted molar refractivity (Wildman–Crippen MR) is 59.8 cm³/mol. The summed E-state index contributed by atoms with van der Waals surface area (Å²) in [4.78, 5) is 12.9. The number of aromatic carboxylic acids is 1. The topological polar surface area (TPSA) is 40.5 Å². The van der Waals surface area contributed by atoms with E-state index in [0.29, 0.717) is 18.3 Å². The molecule has 6 heteroatoms. The van der Waals surface area contributed by atoms with Gasteiger partial charge in [-0.15, -0.1) is 0 Å². The molecular weight excluding hydrogens is 247 g/mol. The zero-order valence-corrected chi connectivity index (χ0v) is 9.66. The Balaban J connectivity index is 2.45. The van der Waals surface area contributed by atoms with Crippen LogP contribution in [0.15, 0.2) is 18.2 Å². The van der Waals surface area contributed by atoms with E-state index in [2.05, 4.69) is 0 Å². The number of carboxylic acids is 1. The first-order valence-electron chi connectivity index (χ1n) is 5.52. The molecule has 1 aliphatic heterocycles. The summed E-state index contributed by atoms with van der Waals surface area (Å²) in [7, 11) is 0. The van der Waals surface area contributed by atoms with Crippen molar-refractivity contribution in [3.8, 4) is 0 Å². The van der Waals surface area contributed by atoms with Gasteiger partial charge in [-0.3, -0.25) is 0 Å². The Kier molecular flexibility index (Phi) is 2.96. The highest BCUT2D eigenvalue weighted by atomic mass is 19.4. The maximum absolute atomic E-state index is 12.5. The summed E-state index contributed by atoms with van der Waals surface area (Å²) < 4.78 is 37.6. The summed E-state index contributed by atoms with van der Waals surface area (Å²) in [5, 5.41) is 9.02. The summed E-state index contributed by atoms with van der Waals surface area (Å²) in [5.74, 6) is -1.34. The molecule has 98 valence electrons. The van der Waals surface area contributed by atoms with Crippen LogP contribution in [0.1, 0.15) is 29.3 Å². The van der Waals surface area contributed by atoms with E-state index in [4.69, 9.17) is 5.11 Å². The molecule has 18 heavy (non-hydrogen) atoms. The Bertz CT molecular complexity index is 485. The van der Waals surface area contributed by atoms with E-state index in [0.717, 1.165) is 12.5 Å². The van der Waals surface area contributed by atoms with Crippen molar-refractivity contribution in [3.63, 3.8) is 0 Å². The average Bonchev–Trinajstić information content (AvgIpc) is 2.25. The second-order valence-electron chi connectivity index (χ2n) is 4.37. The largest absolute Gasteiger partial charge is 0.478 e. The summed E-state index contributed by atoms with van der Waals surface area (Å²) in [6.07, 6.45) is -3.61. The number of benzene rings is 1. The monoisotopic (exact) mass is 259 g/mol. The summed E-state index contributed by atoms with van der Waals surface area (Å²) >= 11 is 0. The van der Waals surface area contributed by atoms with Crippen LogP contribution >= 0.6 is 0 Å². The number of anilines is 1. The van der Waals surface area contributed by atoms with Crippen LogP contribution in [0, 0.1) is 0 Å². The summed E-state index contributed by atoms with van der Waals surface area (Å²) in [5.41, 5.74) is -0.873. The number of rotatable bonds is 2. The molecule has 1 atom stereocenters. The van der Waals surface area contributed by atoms with Crippen molar-refractivity contribution >= 4 is 11.7 Å². The molecule has 0 aliphatic carbocycles. The van der Waals surface area contributed by atoms with Crippen LogP contribution in [0.3, 0.4) is 0 Å². The van der Waals surface area contributed by atoms with E-state index in [1.165, 1.54) is 6.07 Å². The smallest absolute Gasteiger partial charge is 0.416 e. The van der Waals surface area contributed by atoms with Crippen LogP contribution in [0.4, 0.5) is 18.9 Å². The van der Waals surface area contributed by atoms with Crippen LogP contribution in [0.25, 0.3) is 0 Å². The van der Waals surface area contributed by atoms with Gasteiger partial charge in [-0.25, -0.2) is 4.79 Å². The molecule has 1 N–H and O–H groups in total. The van der Waals surface area contributed by atoms with E-state index >= 15 is 0 Å². The predicted octanol–water partition coefficient (Wildman–Crippen LogP) is 3.00. The number of hydrogen-bond acceptors (Lipinski definition) is 2. The number of carbonyl (C=O) groups is 1. The standard InChI is InChI=1S/C12H12F3NO2/c1-7-4-5-16(7)10-3-2-8(12(13,14)15)6-9(10)11(17)18/h2-3,6-7H,4-5H2,1H3,(H,17,18). The van der Waals surface area contributed by atoms with E-state index < -0.39 is 17.7 Å². The van der Waals surface area contributed by atoms with Gasteiger partial charge >= 0.3 is 12.1 Å². The van der Waals surface area contributed by atoms with Gasteiger partial charge in [0.2, 0.25) is 0 Å². The van der Waals surface area contributed by atoms with Crippen LogP contribution in [0.5, 0.6) is 0 Å². The maximum Gasteiger partial charge on any atom is 0.416 e. The highest BCUT2D eigenvalue weighted by molar-refractivity contribution is 5.95. The molecule has 0 amide bonds. The maximum atomic E-state index is 12.5. The lowest BCUT2D eigenvalue weighted by Crippen LogP contribution is -2.46. The molecule has 0 saturated carbocycles. The molecule has 0 spiro atoms. The molecule has 0 aromatic heterocycles. The van der Waals surface area contributed by atoms with Crippen molar-refractivity contribution in [2.24, 2.45) is 0 Å². The number of carboxylic acid groups (broad SMARTS) is 1. The van der Waals surface area contributed by atoms with Gasteiger partial charge in [0.1, 0.15) is 0 Å². The minimum atomic E-state index is -4.52. The van der Waals surface area contributed by atoms with Gasteiger partial charge in [0, 0.05) is 12.6 Å². The molecule has 1 aliphatic rings. The Labute approximate surface area is 102 Å². The molecule has 3 nitrogen and oxygen atoms in total. The molecule has 2 rings (SSSR count). The molecule has 0 radical (unpaired) electrons. The zero-order chi connectivity index (χ0) is 13.5. The molecule has 0 bridgehead atoms. The van der Waals surface area contributed by atoms with Gasteiger partial charge in [-0.1, -0.05) is 0 Å². The lowest BCUT2D eigenvalue weighted by molar-refractivity contribution is -0.137. The quantitative estimate of drug-likeness (QED) is 0.887. The van der Waals surface area contributed by atoms with Gasteiger partial charge < -0.3 is 10.0 Å². The highest BCUT2D eigenvalue weighted by Gasteiger charge is 2.34. The SMILES string of the molecule is CC1CCN1c1ccc(C(F)(F)F)cc1C(=O)O. The lowest BCUT2D eigenvalue weighted by Gasteiger charge is -2.41. The second kappa shape index (κ2) is 4.19. The van der Waals surface area contributed by atoms with E-state index in [9.17, 15) is 18.0 Å². The minimum Gasteiger partial charge on any atom is -0.478 e.